The second-order valence-electron chi connectivity index (χ2n) is 5.14. The summed E-state index contributed by atoms with van der Waals surface area (Å²) in [5, 5.41) is 11.1. The molecule has 6 nitrogen and oxygen atoms in total. The minimum atomic E-state index is -0.274. The first-order valence-electron chi connectivity index (χ1n) is 6.92. The number of fused-ring (bicyclic) bond motifs is 1. The highest BCUT2D eigenvalue weighted by molar-refractivity contribution is 6.01. The van der Waals surface area contributed by atoms with Crippen molar-refractivity contribution in [1.29, 1.82) is 0 Å². The van der Waals surface area contributed by atoms with E-state index in [0.29, 0.717) is 11.4 Å². The number of hydrogen-bond donors (Lipinski definition) is 3. The van der Waals surface area contributed by atoms with Crippen LogP contribution in [0.15, 0.2) is 29.4 Å². The monoisotopic (exact) mass is 283 g/mol. The summed E-state index contributed by atoms with van der Waals surface area (Å²) >= 11 is 0. The second kappa shape index (κ2) is 5.40. The molecule has 6 heteroatoms. The summed E-state index contributed by atoms with van der Waals surface area (Å²) in [7, 11) is 0. The molecule has 3 rings (SSSR count). The highest BCUT2D eigenvalue weighted by Crippen LogP contribution is 2.22. The van der Waals surface area contributed by atoms with Crippen molar-refractivity contribution in [1.82, 2.24) is 15.6 Å². The zero-order valence-corrected chi connectivity index (χ0v) is 11.8. The maximum Gasteiger partial charge on any atom is 0.292 e. The molecule has 0 fully saturated rings. The van der Waals surface area contributed by atoms with Crippen LogP contribution in [0.1, 0.15) is 40.7 Å². The summed E-state index contributed by atoms with van der Waals surface area (Å²) in [6.07, 6.45) is 2.93. The molecule has 108 valence electrons. The first-order chi connectivity index (χ1) is 10.1. The van der Waals surface area contributed by atoms with Crippen LogP contribution in [-0.2, 0) is 12.8 Å². The summed E-state index contributed by atoms with van der Waals surface area (Å²) in [6, 6.07) is 7.34. The lowest BCUT2D eigenvalue weighted by molar-refractivity contribution is 0.0949. The maximum absolute atomic E-state index is 12.1. The van der Waals surface area contributed by atoms with Gasteiger partial charge in [0.2, 0.25) is 0 Å². The molecule has 1 aliphatic rings. The van der Waals surface area contributed by atoms with Crippen molar-refractivity contribution >= 4 is 17.3 Å². The van der Waals surface area contributed by atoms with Crippen molar-refractivity contribution in [3.8, 4) is 0 Å². The normalized spacial score (nSPS) is 14.0. The number of anilines is 1. The van der Waals surface area contributed by atoms with Gasteiger partial charge in [-0.1, -0.05) is 12.1 Å². The Morgan fingerprint density at radius 2 is 2.10 bits per heavy atom. The number of hydrogen-bond acceptors (Lipinski definition) is 4. The van der Waals surface area contributed by atoms with Crippen molar-refractivity contribution in [2.75, 3.05) is 5.73 Å². The van der Waals surface area contributed by atoms with Gasteiger partial charge < -0.3 is 5.73 Å². The molecular weight excluding hydrogens is 266 g/mol. The lowest BCUT2D eigenvalue weighted by Gasteiger charge is -2.03. The molecule has 0 saturated carbocycles. The molecule has 1 aromatic carbocycles. The molecule has 2 aromatic rings. The molecule has 1 amide bonds. The molecule has 0 atom stereocenters. The molecule has 1 aromatic heterocycles. The van der Waals surface area contributed by atoms with Crippen molar-refractivity contribution in [2.45, 2.75) is 26.2 Å². The Labute approximate surface area is 122 Å². The largest absolute Gasteiger partial charge is 0.399 e. The number of benzene rings is 1. The molecule has 0 radical (unpaired) electrons. The van der Waals surface area contributed by atoms with Gasteiger partial charge in [0.25, 0.3) is 5.91 Å². The van der Waals surface area contributed by atoms with Crippen LogP contribution in [0, 0.1) is 0 Å². The van der Waals surface area contributed by atoms with E-state index in [2.05, 4.69) is 20.7 Å². The van der Waals surface area contributed by atoms with Crippen molar-refractivity contribution < 1.29 is 4.79 Å². The molecule has 21 heavy (non-hydrogen) atoms. The first kappa shape index (κ1) is 13.4. The summed E-state index contributed by atoms with van der Waals surface area (Å²) in [5.74, 6) is -0.274. The van der Waals surface area contributed by atoms with E-state index in [1.54, 1.807) is 12.1 Å². The Morgan fingerprint density at radius 3 is 2.86 bits per heavy atom. The van der Waals surface area contributed by atoms with Gasteiger partial charge in [-0.15, -0.1) is 0 Å². The van der Waals surface area contributed by atoms with Gasteiger partial charge in [0, 0.05) is 16.9 Å². The summed E-state index contributed by atoms with van der Waals surface area (Å²) < 4.78 is 0. The number of aromatic amines is 1. The molecule has 4 N–H and O–H groups in total. The Bertz CT molecular complexity index is 699. The second-order valence-corrected chi connectivity index (χ2v) is 5.14. The van der Waals surface area contributed by atoms with Crippen LogP contribution in [0.4, 0.5) is 5.69 Å². The zero-order valence-electron chi connectivity index (χ0n) is 11.8. The summed E-state index contributed by atoms with van der Waals surface area (Å²) in [6.45, 7) is 1.83. The van der Waals surface area contributed by atoms with E-state index in [0.717, 1.165) is 41.8 Å². The van der Waals surface area contributed by atoms with Crippen LogP contribution in [0.2, 0.25) is 0 Å². The Hall–Kier alpha value is -2.63. The Morgan fingerprint density at radius 1 is 1.33 bits per heavy atom. The van der Waals surface area contributed by atoms with Gasteiger partial charge in [0.1, 0.15) is 0 Å². The van der Waals surface area contributed by atoms with Crippen molar-refractivity contribution in [3.05, 3.63) is 46.8 Å². The minimum absolute atomic E-state index is 0.274. The summed E-state index contributed by atoms with van der Waals surface area (Å²) in [4.78, 5) is 12.1. The molecular formula is C15H17N5O. The third kappa shape index (κ3) is 2.65. The van der Waals surface area contributed by atoms with Gasteiger partial charge in [-0.3, -0.25) is 9.89 Å². The van der Waals surface area contributed by atoms with Gasteiger partial charge >= 0.3 is 0 Å². The average Bonchev–Trinajstić information content (AvgIpc) is 3.08. The number of carbonyl (C=O) groups is 1. The number of H-pyrrole nitrogens is 1. The predicted molar refractivity (Wildman–Crippen MR) is 81.1 cm³/mol. The highest BCUT2D eigenvalue weighted by atomic mass is 16.2. The molecule has 1 aliphatic carbocycles. The fourth-order valence-electron chi connectivity index (χ4n) is 2.48. The van der Waals surface area contributed by atoms with E-state index in [4.69, 9.17) is 5.73 Å². The number of nitrogens with zero attached hydrogens (tertiary/aromatic N) is 2. The lowest BCUT2D eigenvalue weighted by Crippen LogP contribution is -2.21. The van der Waals surface area contributed by atoms with Crippen molar-refractivity contribution in [2.24, 2.45) is 5.10 Å². The summed E-state index contributed by atoms with van der Waals surface area (Å²) in [5.41, 5.74) is 13.1. The van der Waals surface area contributed by atoms with Gasteiger partial charge in [0.15, 0.2) is 5.69 Å². The molecule has 0 bridgehead atoms. The average molecular weight is 283 g/mol. The molecule has 1 heterocycles. The van der Waals surface area contributed by atoms with E-state index in [1.807, 2.05) is 19.1 Å². The molecule has 0 spiro atoms. The number of amides is 1. The number of nitrogens with two attached hydrogens (primary N) is 1. The molecule has 0 unspecified atom stereocenters. The van der Waals surface area contributed by atoms with E-state index in [1.165, 1.54) is 0 Å². The van der Waals surface area contributed by atoms with Gasteiger partial charge in [-0.2, -0.15) is 10.2 Å². The van der Waals surface area contributed by atoms with Crippen LogP contribution >= 0.6 is 0 Å². The van der Waals surface area contributed by atoms with Crippen molar-refractivity contribution in [3.63, 3.8) is 0 Å². The van der Waals surface area contributed by atoms with E-state index in [-0.39, 0.29) is 5.91 Å². The van der Waals surface area contributed by atoms with Crippen LogP contribution in [0.5, 0.6) is 0 Å². The lowest BCUT2D eigenvalue weighted by atomic mass is 10.1. The fraction of sp³-hybridized carbons (Fsp3) is 0.267. The number of nitrogen functional groups attached to an aromatic ring is 1. The number of carbonyl (C=O) groups excluding carboxylic acids is 1. The van der Waals surface area contributed by atoms with Crippen LogP contribution in [-0.4, -0.2) is 21.8 Å². The predicted octanol–water partition coefficient (Wildman–Crippen LogP) is 1.63. The number of nitrogens with one attached hydrogen (secondary N) is 2. The van der Waals surface area contributed by atoms with E-state index in [9.17, 15) is 4.79 Å². The third-order valence-corrected chi connectivity index (χ3v) is 3.68. The van der Waals surface area contributed by atoms with Gasteiger partial charge in [0.05, 0.1) is 5.71 Å². The fourth-order valence-corrected chi connectivity index (χ4v) is 2.48. The van der Waals surface area contributed by atoms with Gasteiger partial charge in [-0.25, -0.2) is 5.43 Å². The van der Waals surface area contributed by atoms with E-state index < -0.39 is 0 Å². The highest BCUT2D eigenvalue weighted by Gasteiger charge is 2.22. The van der Waals surface area contributed by atoms with Crippen LogP contribution < -0.4 is 11.2 Å². The van der Waals surface area contributed by atoms with Crippen LogP contribution in [0.3, 0.4) is 0 Å². The number of rotatable bonds is 3. The Balaban J connectivity index is 1.72. The molecule has 0 saturated heterocycles. The quantitative estimate of drug-likeness (QED) is 0.454. The zero-order chi connectivity index (χ0) is 14.8. The standard InChI is InChI=1S/C15H17N5O/c1-9(10-5-7-11(16)8-6-10)17-20-15(21)14-12-3-2-4-13(12)18-19-14/h5-8H,2-4,16H2,1H3,(H,18,19)(H,20,21). The smallest absolute Gasteiger partial charge is 0.292 e. The number of aromatic nitrogens is 2. The SMILES string of the molecule is CC(=NNC(=O)c1n[nH]c2c1CCC2)c1ccc(N)cc1. The molecule has 0 aliphatic heterocycles. The maximum atomic E-state index is 12.1. The number of hydrazone groups is 1. The minimum Gasteiger partial charge on any atom is -0.399 e. The topological polar surface area (TPSA) is 96.2 Å². The van der Waals surface area contributed by atoms with E-state index >= 15 is 0 Å². The van der Waals surface area contributed by atoms with Gasteiger partial charge in [-0.05, 0) is 43.9 Å². The first-order valence-corrected chi connectivity index (χ1v) is 6.92. The van der Waals surface area contributed by atoms with Crippen LogP contribution in [0.25, 0.3) is 0 Å². The number of aryl methyl sites for hydroxylation is 1. The third-order valence-electron chi connectivity index (χ3n) is 3.68. The Kier molecular flexibility index (Phi) is 3.43.